The van der Waals surface area contributed by atoms with Gasteiger partial charge in [-0.1, -0.05) is 18.2 Å². The number of aliphatic hydroxyl groups is 1. The molecule has 0 saturated heterocycles. The third-order valence-corrected chi connectivity index (χ3v) is 4.17. The van der Waals surface area contributed by atoms with Crippen LogP contribution in [0.1, 0.15) is 22.8 Å². The molecule has 6 nitrogen and oxygen atoms in total. The van der Waals surface area contributed by atoms with Crippen LogP contribution in [0.25, 0.3) is 0 Å². The summed E-state index contributed by atoms with van der Waals surface area (Å²) in [5.41, 5.74) is 2.84. The van der Waals surface area contributed by atoms with Crippen molar-refractivity contribution in [2.45, 2.75) is 19.1 Å². The molecule has 1 aliphatic heterocycles. The number of fused-ring (bicyclic) bond motifs is 1. The number of ether oxygens (including phenoxy) is 2. The van der Waals surface area contributed by atoms with Crippen LogP contribution in [0.15, 0.2) is 42.5 Å². The molecule has 0 spiro atoms. The van der Waals surface area contributed by atoms with Crippen LogP contribution < -0.4 is 20.1 Å². The van der Waals surface area contributed by atoms with Crippen LogP contribution >= 0.6 is 0 Å². The summed E-state index contributed by atoms with van der Waals surface area (Å²) in [6, 6.07) is 12.8. The van der Waals surface area contributed by atoms with Gasteiger partial charge in [0, 0.05) is 19.5 Å². The lowest BCUT2D eigenvalue weighted by molar-refractivity contribution is 0.173. The molecule has 0 radical (unpaired) electrons. The van der Waals surface area contributed by atoms with Gasteiger partial charge < -0.3 is 25.2 Å². The molecule has 6 heteroatoms. The van der Waals surface area contributed by atoms with Gasteiger partial charge in [-0.25, -0.2) is 4.79 Å². The molecule has 3 rings (SSSR count). The van der Waals surface area contributed by atoms with Gasteiger partial charge in [0.15, 0.2) is 0 Å². The van der Waals surface area contributed by atoms with Crippen LogP contribution in [0.3, 0.4) is 0 Å². The average Bonchev–Trinajstić information content (AvgIpc) is 3.12. The minimum Gasteiger partial charge on any atom is -0.497 e. The Hall–Kier alpha value is -2.73. The van der Waals surface area contributed by atoms with Gasteiger partial charge in [-0.15, -0.1) is 0 Å². The number of urea groups is 1. The van der Waals surface area contributed by atoms with Crippen molar-refractivity contribution < 1.29 is 19.4 Å². The highest BCUT2D eigenvalue weighted by Crippen LogP contribution is 2.27. The normalized spacial score (nSPS) is 13.5. The molecular formula is C19H22N2O4. The van der Waals surface area contributed by atoms with E-state index in [1.54, 1.807) is 7.11 Å². The van der Waals surface area contributed by atoms with E-state index in [4.69, 9.17) is 9.47 Å². The molecule has 1 unspecified atom stereocenters. The number of carbonyl (C=O) groups is 1. The molecule has 1 heterocycles. The Kier molecular flexibility index (Phi) is 5.40. The summed E-state index contributed by atoms with van der Waals surface area (Å²) in [6.07, 6.45) is 0.101. The second kappa shape index (κ2) is 7.90. The van der Waals surface area contributed by atoms with E-state index >= 15 is 0 Å². The van der Waals surface area contributed by atoms with E-state index < -0.39 is 6.10 Å². The van der Waals surface area contributed by atoms with E-state index in [-0.39, 0.29) is 12.6 Å². The molecule has 0 bridgehead atoms. The second-order valence-electron chi connectivity index (χ2n) is 5.89. The maximum atomic E-state index is 11.9. The lowest BCUT2D eigenvalue weighted by atomic mass is 10.0. The highest BCUT2D eigenvalue weighted by Gasteiger charge is 2.16. The fourth-order valence-corrected chi connectivity index (χ4v) is 2.71. The van der Waals surface area contributed by atoms with Crippen molar-refractivity contribution in [2.24, 2.45) is 0 Å². The first kappa shape index (κ1) is 17.1. The number of benzene rings is 2. The van der Waals surface area contributed by atoms with Crippen molar-refractivity contribution >= 4 is 6.03 Å². The average molecular weight is 342 g/mol. The van der Waals surface area contributed by atoms with Crippen LogP contribution in [0.2, 0.25) is 0 Å². The van der Waals surface area contributed by atoms with E-state index in [1.165, 1.54) is 0 Å². The van der Waals surface area contributed by atoms with Crippen LogP contribution in [-0.2, 0) is 13.0 Å². The monoisotopic (exact) mass is 342 g/mol. The smallest absolute Gasteiger partial charge is 0.315 e. The molecule has 0 aromatic heterocycles. The zero-order valence-corrected chi connectivity index (χ0v) is 14.1. The van der Waals surface area contributed by atoms with Crippen molar-refractivity contribution in [1.29, 1.82) is 0 Å². The summed E-state index contributed by atoms with van der Waals surface area (Å²) in [5.74, 6) is 1.65. The molecule has 1 aliphatic rings. The SMILES string of the molecule is COc1ccc(CNC(=O)NCC(O)c2ccc3c(c2)CCO3)cc1. The zero-order chi connectivity index (χ0) is 17.6. The van der Waals surface area contributed by atoms with Gasteiger partial charge in [-0.05, 0) is 41.0 Å². The Morgan fingerprint density at radius 2 is 2.04 bits per heavy atom. The third kappa shape index (κ3) is 4.42. The first-order valence-corrected chi connectivity index (χ1v) is 8.24. The largest absolute Gasteiger partial charge is 0.497 e. The standard InChI is InChI=1S/C19H22N2O4/c1-24-16-5-2-13(3-6-16)11-20-19(23)21-12-17(22)14-4-7-18-15(10-14)8-9-25-18/h2-7,10,17,22H,8-9,11-12H2,1H3,(H2,20,21,23). The third-order valence-electron chi connectivity index (χ3n) is 4.17. The van der Waals surface area contributed by atoms with E-state index in [2.05, 4.69) is 10.6 Å². The fraction of sp³-hybridized carbons (Fsp3) is 0.316. The number of methoxy groups -OCH3 is 1. The minimum atomic E-state index is -0.752. The summed E-state index contributed by atoms with van der Waals surface area (Å²) in [7, 11) is 1.61. The highest BCUT2D eigenvalue weighted by molar-refractivity contribution is 5.73. The van der Waals surface area contributed by atoms with Crippen molar-refractivity contribution in [3.8, 4) is 11.5 Å². The van der Waals surface area contributed by atoms with E-state index in [0.717, 1.165) is 34.6 Å². The molecule has 132 valence electrons. The van der Waals surface area contributed by atoms with Gasteiger partial charge in [0.1, 0.15) is 11.5 Å². The van der Waals surface area contributed by atoms with Crippen molar-refractivity contribution in [2.75, 3.05) is 20.3 Å². The molecule has 3 N–H and O–H groups in total. The molecule has 2 amide bonds. The molecule has 0 fully saturated rings. The number of amides is 2. The molecule has 25 heavy (non-hydrogen) atoms. The number of hydrogen-bond acceptors (Lipinski definition) is 4. The Balaban J connectivity index is 1.45. The van der Waals surface area contributed by atoms with E-state index in [9.17, 15) is 9.90 Å². The minimum absolute atomic E-state index is 0.147. The topological polar surface area (TPSA) is 79.8 Å². The first-order chi connectivity index (χ1) is 12.2. The molecule has 2 aromatic rings. The number of hydrogen-bond donors (Lipinski definition) is 3. The fourth-order valence-electron chi connectivity index (χ4n) is 2.71. The van der Waals surface area contributed by atoms with Gasteiger partial charge >= 0.3 is 6.03 Å². The molecule has 0 aliphatic carbocycles. The predicted octanol–water partition coefficient (Wildman–Crippen LogP) is 2.16. The van der Waals surface area contributed by atoms with Gasteiger partial charge in [0.25, 0.3) is 0 Å². The Labute approximate surface area is 146 Å². The number of nitrogens with one attached hydrogen (secondary N) is 2. The summed E-state index contributed by atoms with van der Waals surface area (Å²) < 4.78 is 10.5. The second-order valence-corrected chi connectivity index (χ2v) is 5.89. The summed E-state index contributed by atoms with van der Waals surface area (Å²) in [6.45, 7) is 1.23. The first-order valence-electron chi connectivity index (χ1n) is 8.24. The maximum Gasteiger partial charge on any atom is 0.315 e. The van der Waals surface area contributed by atoms with Gasteiger partial charge in [0.2, 0.25) is 0 Å². The van der Waals surface area contributed by atoms with Gasteiger partial charge in [0.05, 0.1) is 19.8 Å². The molecule has 2 aromatic carbocycles. The number of carbonyl (C=O) groups excluding carboxylic acids is 1. The predicted molar refractivity (Wildman–Crippen MR) is 93.8 cm³/mol. The maximum absolute atomic E-state index is 11.9. The summed E-state index contributed by atoms with van der Waals surface area (Å²) in [5, 5.41) is 15.7. The Morgan fingerprint density at radius 1 is 1.24 bits per heavy atom. The molecular weight excluding hydrogens is 320 g/mol. The lowest BCUT2D eigenvalue weighted by Crippen LogP contribution is -2.37. The van der Waals surface area contributed by atoms with Crippen molar-refractivity contribution in [3.05, 3.63) is 59.2 Å². The van der Waals surface area contributed by atoms with Crippen LogP contribution in [0.5, 0.6) is 11.5 Å². The zero-order valence-electron chi connectivity index (χ0n) is 14.1. The molecule has 1 atom stereocenters. The van der Waals surface area contributed by atoms with Gasteiger partial charge in [-0.3, -0.25) is 0 Å². The Bertz CT molecular complexity index is 731. The summed E-state index contributed by atoms with van der Waals surface area (Å²) >= 11 is 0. The number of rotatable bonds is 6. The summed E-state index contributed by atoms with van der Waals surface area (Å²) in [4.78, 5) is 11.9. The Morgan fingerprint density at radius 3 is 2.80 bits per heavy atom. The highest BCUT2D eigenvalue weighted by atomic mass is 16.5. The van der Waals surface area contributed by atoms with Crippen LogP contribution in [0, 0.1) is 0 Å². The van der Waals surface area contributed by atoms with E-state index in [1.807, 2.05) is 42.5 Å². The lowest BCUT2D eigenvalue weighted by Gasteiger charge is -2.14. The number of aliphatic hydroxyl groups excluding tert-OH is 1. The molecule has 0 saturated carbocycles. The quantitative estimate of drug-likeness (QED) is 0.752. The van der Waals surface area contributed by atoms with Crippen molar-refractivity contribution in [1.82, 2.24) is 10.6 Å². The van der Waals surface area contributed by atoms with Gasteiger partial charge in [-0.2, -0.15) is 0 Å². The van der Waals surface area contributed by atoms with Crippen molar-refractivity contribution in [3.63, 3.8) is 0 Å². The van der Waals surface area contributed by atoms with Crippen LogP contribution in [0.4, 0.5) is 4.79 Å². The van der Waals surface area contributed by atoms with E-state index in [0.29, 0.717) is 13.2 Å². The van der Waals surface area contributed by atoms with Crippen LogP contribution in [-0.4, -0.2) is 31.4 Å².